The van der Waals surface area contributed by atoms with Crippen molar-refractivity contribution in [3.63, 3.8) is 0 Å². The average molecular weight is 391 g/mol. The van der Waals surface area contributed by atoms with Gasteiger partial charge in [0.15, 0.2) is 5.76 Å². The Morgan fingerprint density at radius 1 is 1.07 bits per heavy atom. The Morgan fingerprint density at radius 2 is 1.85 bits per heavy atom. The molecule has 0 bridgehead atoms. The predicted molar refractivity (Wildman–Crippen MR) is 106 cm³/mol. The summed E-state index contributed by atoms with van der Waals surface area (Å²) in [6, 6.07) is 6.85. The fourth-order valence-electron chi connectivity index (χ4n) is 2.82. The Hall–Kier alpha value is -2.03. The number of nitrogens with one attached hydrogen (secondary N) is 2. The first-order chi connectivity index (χ1) is 13.2. The molecule has 3 rings (SSSR count). The van der Waals surface area contributed by atoms with E-state index in [-0.39, 0.29) is 11.8 Å². The van der Waals surface area contributed by atoms with Crippen molar-refractivity contribution in [2.75, 3.05) is 57.1 Å². The van der Waals surface area contributed by atoms with Gasteiger partial charge in [-0.15, -0.1) is 11.8 Å². The normalized spacial score (nSPS) is 17.6. The van der Waals surface area contributed by atoms with Crippen molar-refractivity contribution >= 4 is 29.3 Å². The average Bonchev–Trinajstić information content (AvgIpc) is 2.73. The van der Waals surface area contributed by atoms with Gasteiger partial charge in [-0.25, -0.2) is 0 Å². The van der Waals surface area contributed by atoms with E-state index in [2.05, 4.69) is 15.5 Å². The molecule has 8 heteroatoms. The van der Waals surface area contributed by atoms with Crippen LogP contribution in [0.5, 0.6) is 0 Å². The van der Waals surface area contributed by atoms with Crippen LogP contribution in [0.2, 0.25) is 0 Å². The molecule has 27 heavy (non-hydrogen) atoms. The summed E-state index contributed by atoms with van der Waals surface area (Å²) >= 11 is 1.56. The molecule has 1 aromatic carbocycles. The topological polar surface area (TPSA) is 79.9 Å². The van der Waals surface area contributed by atoms with E-state index in [1.54, 1.807) is 41.4 Å². The highest BCUT2D eigenvalue weighted by Gasteiger charge is 2.15. The van der Waals surface area contributed by atoms with E-state index in [1.165, 1.54) is 0 Å². The smallest absolute Gasteiger partial charge is 0.291 e. The number of hydrogen-bond acceptors (Lipinski definition) is 6. The minimum Gasteiger partial charge on any atom is -0.487 e. The second-order valence-corrected chi connectivity index (χ2v) is 7.27. The van der Waals surface area contributed by atoms with Gasteiger partial charge < -0.3 is 20.1 Å². The van der Waals surface area contributed by atoms with Gasteiger partial charge in [-0.2, -0.15) is 0 Å². The highest BCUT2D eigenvalue weighted by Crippen LogP contribution is 2.17. The number of benzene rings is 1. The molecule has 1 fully saturated rings. The van der Waals surface area contributed by atoms with E-state index in [0.29, 0.717) is 30.2 Å². The quantitative estimate of drug-likeness (QED) is 0.689. The maximum Gasteiger partial charge on any atom is 0.291 e. The van der Waals surface area contributed by atoms with Crippen molar-refractivity contribution in [2.45, 2.75) is 6.42 Å². The Labute approximate surface area is 163 Å². The number of hydrogen-bond donors (Lipinski definition) is 2. The van der Waals surface area contributed by atoms with E-state index in [0.717, 1.165) is 45.0 Å². The lowest BCUT2D eigenvalue weighted by molar-refractivity contribution is -0.116. The number of rotatable bonds is 7. The Kier molecular flexibility index (Phi) is 7.55. The number of nitrogens with zero attached hydrogens (tertiary/aromatic N) is 1. The molecule has 0 spiro atoms. The van der Waals surface area contributed by atoms with Crippen molar-refractivity contribution in [1.29, 1.82) is 0 Å². The third-order valence-electron chi connectivity index (χ3n) is 4.32. The molecule has 0 aliphatic carbocycles. The fourth-order valence-corrected chi connectivity index (χ4v) is 3.44. The van der Waals surface area contributed by atoms with Crippen LogP contribution in [0.4, 0.5) is 5.69 Å². The summed E-state index contributed by atoms with van der Waals surface area (Å²) in [5.74, 6) is 0.799. The molecule has 2 aliphatic heterocycles. The van der Waals surface area contributed by atoms with E-state index in [1.807, 2.05) is 0 Å². The van der Waals surface area contributed by atoms with Crippen LogP contribution in [0.25, 0.3) is 0 Å². The summed E-state index contributed by atoms with van der Waals surface area (Å²) in [5.41, 5.74) is 1.20. The maximum atomic E-state index is 12.2. The standard InChI is InChI=1S/C19H25N3O4S/c23-18(20-6-1-7-22-8-10-25-11-9-22)15-2-4-16(5-3-15)21-19(24)17-14-27-13-12-26-17/h2-5,14H,1,6-13H2,(H,20,23)(H,21,24). The van der Waals surface area contributed by atoms with Gasteiger partial charge in [0.2, 0.25) is 0 Å². The van der Waals surface area contributed by atoms with E-state index >= 15 is 0 Å². The van der Waals surface area contributed by atoms with Crippen LogP contribution in [0.15, 0.2) is 35.4 Å². The van der Waals surface area contributed by atoms with Crippen LogP contribution in [0.1, 0.15) is 16.8 Å². The van der Waals surface area contributed by atoms with E-state index < -0.39 is 0 Å². The third-order valence-corrected chi connectivity index (χ3v) is 5.10. The Morgan fingerprint density at radius 3 is 2.56 bits per heavy atom. The first-order valence-electron chi connectivity index (χ1n) is 9.17. The van der Waals surface area contributed by atoms with Gasteiger partial charge in [0.1, 0.15) is 0 Å². The Balaban J connectivity index is 1.40. The minimum absolute atomic E-state index is 0.107. The summed E-state index contributed by atoms with van der Waals surface area (Å²) in [6.07, 6.45) is 0.910. The lowest BCUT2D eigenvalue weighted by atomic mass is 10.2. The van der Waals surface area contributed by atoms with Crippen molar-refractivity contribution in [3.8, 4) is 0 Å². The monoisotopic (exact) mass is 391 g/mol. The molecule has 0 saturated carbocycles. The molecule has 0 atom stereocenters. The number of anilines is 1. The Bertz CT molecular complexity index is 672. The molecular formula is C19H25N3O4S. The van der Waals surface area contributed by atoms with Gasteiger partial charge in [0.25, 0.3) is 11.8 Å². The van der Waals surface area contributed by atoms with Crippen LogP contribution in [0, 0.1) is 0 Å². The first kappa shape index (κ1) is 19.7. The number of carbonyl (C=O) groups excluding carboxylic acids is 2. The SMILES string of the molecule is O=C(Nc1ccc(C(=O)NCCCN2CCOCC2)cc1)C1=CSCCO1. The zero-order chi connectivity index (χ0) is 18.9. The van der Waals surface area contributed by atoms with Gasteiger partial charge in [0.05, 0.1) is 19.8 Å². The molecule has 146 valence electrons. The summed E-state index contributed by atoms with van der Waals surface area (Å²) in [6.45, 7) is 5.63. The molecule has 2 amide bonds. The lowest BCUT2D eigenvalue weighted by Gasteiger charge is -2.26. The van der Waals surface area contributed by atoms with Gasteiger partial charge in [-0.05, 0) is 37.2 Å². The molecule has 0 unspecified atom stereocenters. The van der Waals surface area contributed by atoms with Crippen molar-refractivity contribution in [2.24, 2.45) is 0 Å². The highest BCUT2D eigenvalue weighted by molar-refractivity contribution is 8.02. The molecule has 2 aliphatic rings. The number of carbonyl (C=O) groups is 2. The van der Waals surface area contributed by atoms with Crippen LogP contribution in [0.3, 0.4) is 0 Å². The van der Waals surface area contributed by atoms with Gasteiger partial charge in [-0.1, -0.05) is 0 Å². The van der Waals surface area contributed by atoms with Gasteiger partial charge in [0, 0.05) is 42.0 Å². The molecule has 1 saturated heterocycles. The van der Waals surface area contributed by atoms with Gasteiger partial charge >= 0.3 is 0 Å². The van der Waals surface area contributed by atoms with Crippen molar-refractivity contribution in [3.05, 3.63) is 41.0 Å². The molecule has 0 aromatic heterocycles. The molecule has 2 heterocycles. The molecule has 7 nitrogen and oxygen atoms in total. The van der Waals surface area contributed by atoms with Crippen LogP contribution >= 0.6 is 11.8 Å². The summed E-state index contributed by atoms with van der Waals surface area (Å²) in [4.78, 5) is 26.6. The molecule has 0 radical (unpaired) electrons. The number of ether oxygens (including phenoxy) is 2. The fraction of sp³-hybridized carbons (Fsp3) is 0.474. The minimum atomic E-state index is -0.275. The molecule has 2 N–H and O–H groups in total. The first-order valence-corrected chi connectivity index (χ1v) is 10.2. The summed E-state index contributed by atoms with van der Waals surface area (Å²) in [5, 5.41) is 7.43. The van der Waals surface area contributed by atoms with Gasteiger partial charge in [-0.3, -0.25) is 14.5 Å². The number of amides is 2. The number of morpholine rings is 1. The maximum absolute atomic E-state index is 12.2. The van der Waals surface area contributed by atoms with E-state index in [4.69, 9.17) is 9.47 Å². The lowest BCUT2D eigenvalue weighted by Crippen LogP contribution is -2.38. The highest BCUT2D eigenvalue weighted by atomic mass is 32.2. The zero-order valence-electron chi connectivity index (χ0n) is 15.2. The zero-order valence-corrected chi connectivity index (χ0v) is 16.1. The summed E-state index contributed by atoms with van der Waals surface area (Å²) < 4.78 is 10.6. The van der Waals surface area contributed by atoms with Crippen LogP contribution in [-0.4, -0.2) is 68.5 Å². The van der Waals surface area contributed by atoms with E-state index in [9.17, 15) is 9.59 Å². The van der Waals surface area contributed by atoms with Crippen LogP contribution in [-0.2, 0) is 14.3 Å². The second kappa shape index (κ2) is 10.3. The number of thioether (sulfide) groups is 1. The summed E-state index contributed by atoms with van der Waals surface area (Å²) in [7, 11) is 0. The molecule has 1 aromatic rings. The van der Waals surface area contributed by atoms with Crippen molar-refractivity contribution in [1.82, 2.24) is 10.2 Å². The second-order valence-electron chi connectivity index (χ2n) is 6.30. The molecular weight excluding hydrogens is 366 g/mol. The van der Waals surface area contributed by atoms with Crippen molar-refractivity contribution < 1.29 is 19.1 Å². The third kappa shape index (κ3) is 6.27. The van der Waals surface area contributed by atoms with Crippen LogP contribution < -0.4 is 10.6 Å². The largest absolute Gasteiger partial charge is 0.487 e. The predicted octanol–water partition coefficient (Wildman–Crippen LogP) is 1.68.